The highest BCUT2D eigenvalue weighted by Crippen LogP contribution is 2.09. The number of nitrogens with one attached hydrogen (secondary N) is 2. The zero-order valence-corrected chi connectivity index (χ0v) is 10.4. The Morgan fingerprint density at radius 2 is 2.06 bits per heavy atom. The molecule has 0 spiro atoms. The van der Waals surface area contributed by atoms with E-state index in [4.69, 9.17) is 0 Å². The number of benzene rings is 1. The van der Waals surface area contributed by atoms with E-state index in [2.05, 4.69) is 10.6 Å². The van der Waals surface area contributed by atoms with Gasteiger partial charge in [0.25, 0.3) is 5.91 Å². The summed E-state index contributed by atoms with van der Waals surface area (Å²) in [5, 5.41) is 5.47. The summed E-state index contributed by atoms with van der Waals surface area (Å²) in [7, 11) is 1.76. The highest BCUT2D eigenvalue weighted by atomic mass is 35.5. The number of rotatable bonds is 4. The lowest BCUT2D eigenvalue weighted by Crippen LogP contribution is -2.37. The molecule has 0 aliphatic heterocycles. The molecule has 1 aromatic carbocycles. The minimum Gasteiger partial charge on any atom is -0.350 e. The molecule has 0 aliphatic rings. The summed E-state index contributed by atoms with van der Waals surface area (Å²) < 4.78 is 25.8. The molecule has 17 heavy (non-hydrogen) atoms. The van der Waals surface area contributed by atoms with Crippen molar-refractivity contribution < 1.29 is 13.6 Å². The molecular formula is C11H15ClF2N2O. The Hall–Kier alpha value is -1.20. The second-order valence-electron chi connectivity index (χ2n) is 3.52. The summed E-state index contributed by atoms with van der Waals surface area (Å²) >= 11 is 0. The third-order valence-corrected chi connectivity index (χ3v) is 2.24. The van der Waals surface area contributed by atoms with E-state index in [-0.39, 0.29) is 24.0 Å². The minimum absolute atomic E-state index is 0. The number of amides is 1. The predicted octanol–water partition coefficient (Wildman–Crippen LogP) is 1.72. The Balaban J connectivity index is 0.00000256. The molecule has 1 atom stereocenters. The van der Waals surface area contributed by atoms with Crippen molar-refractivity contribution in [1.29, 1.82) is 0 Å². The van der Waals surface area contributed by atoms with Gasteiger partial charge in [0, 0.05) is 18.7 Å². The number of carbonyl (C=O) groups excluding carboxylic acids is 1. The predicted molar refractivity (Wildman–Crippen MR) is 64.5 cm³/mol. The monoisotopic (exact) mass is 264 g/mol. The molecule has 0 bridgehead atoms. The molecule has 1 amide bonds. The van der Waals surface area contributed by atoms with Gasteiger partial charge in [-0.2, -0.15) is 0 Å². The topological polar surface area (TPSA) is 41.1 Å². The van der Waals surface area contributed by atoms with Crippen LogP contribution < -0.4 is 10.6 Å². The van der Waals surface area contributed by atoms with Crippen molar-refractivity contribution in [2.45, 2.75) is 13.0 Å². The van der Waals surface area contributed by atoms with Crippen molar-refractivity contribution in [3.05, 3.63) is 35.4 Å². The van der Waals surface area contributed by atoms with E-state index >= 15 is 0 Å². The molecule has 6 heteroatoms. The van der Waals surface area contributed by atoms with Crippen LogP contribution in [-0.2, 0) is 0 Å². The second kappa shape index (κ2) is 7.19. The van der Waals surface area contributed by atoms with Crippen LogP contribution in [0.4, 0.5) is 8.78 Å². The molecule has 0 radical (unpaired) electrons. The van der Waals surface area contributed by atoms with Crippen LogP contribution in [0.1, 0.15) is 17.3 Å². The van der Waals surface area contributed by atoms with Gasteiger partial charge in [0.15, 0.2) is 0 Å². The lowest BCUT2D eigenvalue weighted by Gasteiger charge is -2.11. The zero-order valence-electron chi connectivity index (χ0n) is 9.59. The van der Waals surface area contributed by atoms with Gasteiger partial charge in [-0.1, -0.05) is 0 Å². The standard InChI is InChI=1S/C11H14F2N2O.ClH/c1-7(14-2)6-15-11(16)9-4-3-8(12)5-10(9)13;/h3-5,7,14H,6H2,1-2H3,(H,15,16);1H. The molecule has 0 aromatic heterocycles. The summed E-state index contributed by atoms with van der Waals surface area (Å²) in [5.74, 6) is -2.09. The van der Waals surface area contributed by atoms with Gasteiger partial charge in [0.1, 0.15) is 11.6 Å². The van der Waals surface area contributed by atoms with Crippen molar-refractivity contribution in [3.63, 3.8) is 0 Å². The number of halogens is 3. The fraction of sp³-hybridized carbons (Fsp3) is 0.364. The van der Waals surface area contributed by atoms with Crippen LogP contribution in [0.25, 0.3) is 0 Å². The van der Waals surface area contributed by atoms with Crippen LogP contribution in [-0.4, -0.2) is 25.5 Å². The molecule has 0 heterocycles. The summed E-state index contributed by atoms with van der Waals surface area (Å²) in [6, 6.07) is 2.97. The lowest BCUT2D eigenvalue weighted by molar-refractivity contribution is 0.0946. The molecule has 1 aromatic rings. The van der Waals surface area contributed by atoms with Gasteiger partial charge in [-0.3, -0.25) is 4.79 Å². The number of hydrogen-bond acceptors (Lipinski definition) is 2. The first-order valence-electron chi connectivity index (χ1n) is 4.95. The summed E-state index contributed by atoms with van der Waals surface area (Å²) in [6.07, 6.45) is 0. The molecule has 0 fully saturated rings. The third kappa shape index (κ3) is 4.66. The normalized spacial score (nSPS) is 11.5. The maximum absolute atomic E-state index is 13.2. The molecule has 0 saturated carbocycles. The molecule has 3 nitrogen and oxygen atoms in total. The van der Waals surface area contributed by atoms with Crippen molar-refractivity contribution in [2.75, 3.05) is 13.6 Å². The minimum atomic E-state index is -0.852. The van der Waals surface area contributed by atoms with Crippen LogP contribution in [0.5, 0.6) is 0 Å². The van der Waals surface area contributed by atoms with Gasteiger partial charge < -0.3 is 10.6 Å². The maximum Gasteiger partial charge on any atom is 0.254 e. The summed E-state index contributed by atoms with van der Waals surface area (Å²) in [6.45, 7) is 2.26. The van der Waals surface area contributed by atoms with E-state index in [1.807, 2.05) is 6.92 Å². The first-order chi connectivity index (χ1) is 7.54. The van der Waals surface area contributed by atoms with Crippen LogP contribution in [0, 0.1) is 11.6 Å². The zero-order chi connectivity index (χ0) is 12.1. The molecule has 0 saturated heterocycles. The van der Waals surface area contributed by atoms with E-state index in [1.54, 1.807) is 7.05 Å². The van der Waals surface area contributed by atoms with Crippen molar-refractivity contribution in [1.82, 2.24) is 10.6 Å². The van der Waals surface area contributed by atoms with Crippen molar-refractivity contribution >= 4 is 18.3 Å². The quantitative estimate of drug-likeness (QED) is 0.870. The van der Waals surface area contributed by atoms with Gasteiger partial charge in [-0.25, -0.2) is 8.78 Å². The van der Waals surface area contributed by atoms with Gasteiger partial charge in [-0.15, -0.1) is 12.4 Å². The molecule has 2 N–H and O–H groups in total. The van der Waals surface area contributed by atoms with Crippen molar-refractivity contribution in [2.24, 2.45) is 0 Å². The van der Waals surface area contributed by atoms with E-state index in [0.29, 0.717) is 12.6 Å². The average Bonchev–Trinajstić information content (AvgIpc) is 2.25. The third-order valence-electron chi connectivity index (χ3n) is 2.24. The van der Waals surface area contributed by atoms with Gasteiger partial charge in [-0.05, 0) is 26.1 Å². The Morgan fingerprint density at radius 1 is 1.41 bits per heavy atom. The van der Waals surface area contributed by atoms with Crippen LogP contribution in [0.3, 0.4) is 0 Å². The maximum atomic E-state index is 13.2. The molecule has 1 unspecified atom stereocenters. The summed E-state index contributed by atoms with van der Waals surface area (Å²) in [4.78, 5) is 11.5. The number of carbonyl (C=O) groups is 1. The van der Waals surface area contributed by atoms with E-state index in [0.717, 1.165) is 12.1 Å². The molecule has 0 aliphatic carbocycles. The lowest BCUT2D eigenvalue weighted by atomic mass is 10.2. The smallest absolute Gasteiger partial charge is 0.254 e. The van der Waals surface area contributed by atoms with Crippen LogP contribution in [0.15, 0.2) is 18.2 Å². The Morgan fingerprint density at radius 3 is 2.59 bits per heavy atom. The van der Waals surface area contributed by atoms with E-state index < -0.39 is 17.5 Å². The molecular weight excluding hydrogens is 250 g/mol. The number of likely N-dealkylation sites (N-methyl/N-ethyl adjacent to an activating group) is 1. The van der Waals surface area contributed by atoms with Gasteiger partial charge >= 0.3 is 0 Å². The highest BCUT2D eigenvalue weighted by Gasteiger charge is 2.12. The highest BCUT2D eigenvalue weighted by molar-refractivity contribution is 5.94. The average molecular weight is 265 g/mol. The molecule has 96 valence electrons. The first-order valence-corrected chi connectivity index (χ1v) is 4.95. The van der Waals surface area contributed by atoms with E-state index in [1.165, 1.54) is 0 Å². The Labute approximate surface area is 105 Å². The van der Waals surface area contributed by atoms with Gasteiger partial charge in [0.05, 0.1) is 5.56 Å². The van der Waals surface area contributed by atoms with Crippen LogP contribution >= 0.6 is 12.4 Å². The first kappa shape index (κ1) is 15.8. The van der Waals surface area contributed by atoms with E-state index in [9.17, 15) is 13.6 Å². The molecule has 1 rings (SSSR count). The van der Waals surface area contributed by atoms with Crippen LogP contribution in [0.2, 0.25) is 0 Å². The van der Waals surface area contributed by atoms with Crippen molar-refractivity contribution in [3.8, 4) is 0 Å². The SMILES string of the molecule is CNC(C)CNC(=O)c1ccc(F)cc1F.Cl. The fourth-order valence-corrected chi connectivity index (χ4v) is 1.12. The second-order valence-corrected chi connectivity index (χ2v) is 3.52. The number of hydrogen-bond donors (Lipinski definition) is 2. The summed E-state index contributed by atoms with van der Waals surface area (Å²) in [5.41, 5.74) is -0.148. The Kier molecular flexibility index (Phi) is 6.68. The largest absolute Gasteiger partial charge is 0.350 e. The van der Waals surface area contributed by atoms with Gasteiger partial charge in [0.2, 0.25) is 0 Å². The fourth-order valence-electron chi connectivity index (χ4n) is 1.12. The Bertz CT molecular complexity index is 388.